The molecular formula is C13H18N2. The van der Waals surface area contributed by atoms with Gasteiger partial charge in [0.15, 0.2) is 0 Å². The van der Waals surface area contributed by atoms with Gasteiger partial charge in [0.25, 0.3) is 0 Å². The quantitative estimate of drug-likeness (QED) is 0.717. The molecule has 2 nitrogen and oxygen atoms in total. The Morgan fingerprint density at radius 2 is 2.27 bits per heavy atom. The zero-order chi connectivity index (χ0) is 10.9. The Hall–Kier alpha value is -1.28. The molecule has 1 heterocycles. The van der Waals surface area contributed by atoms with E-state index < -0.39 is 0 Å². The van der Waals surface area contributed by atoms with Gasteiger partial charge in [0.2, 0.25) is 0 Å². The maximum absolute atomic E-state index is 6.13. The number of hydrogen-bond acceptors (Lipinski definition) is 2. The van der Waals surface area contributed by atoms with E-state index in [1.54, 1.807) is 0 Å². The zero-order valence-corrected chi connectivity index (χ0v) is 9.00. The molecule has 0 aromatic heterocycles. The SMILES string of the molecule is C=CC1=C(C=C)C2(C=CNCC2)CC1N. The lowest BCUT2D eigenvalue weighted by Crippen LogP contribution is -2.30. The van der Waals surface area contributed by atoms with Gasteiger partial charge < -0.3 is 11.1 Å². The highest BCUT2D eigenvalue weighted by Crippen LogP contribution is 2.47. The normalized spacial score (nSPS) is 34.3. The molecule has 2 heteroatoms. The molecule has 1 spiro atoms. The third-order valence-corrected chi connectivity index (χ3v) is 3.49. The molecule has 2 rings (SSSR count). The van der Waals surface area contributed by atoms with Gasteiger partial charge in [-0.15, -0.1) is 0 Å². The Balaban J connectivity index is 2.47. The monoisotopic (exact) mass is 202 g/mol. The second-order valence-electron chi connectivity index (χ2n) is 4.28. The van der Waals surface area contributed by atoms with E-state index >= 15 is 0 Å². The van der Waals surface area contributed by atoms with Crippen molar-refractivity contribution in [1.82, 2.24) is 5.32 Å². The maximum Gasteiger partial charge on any atom is 0.0309 e. The molecule has 3 N–H and O–H groups in total. The van der Waals surface area contributed by atoms with Crippen molar-refractivity contribution in [2.24, 2.45) is 11.1 Å². The van der Waals surface area contributed by atoms with Crippen molar-refractivity contribution in [2.45, 2.75) is 18.9 Å². The minimum absolute atomic E-state index is 0.107. The molecule has 0 radical (unpaired) electrons. The van der Waals surface area contributed by atoms with Crippen molar-refractivity contribution < 1.29 is 0 Å². The molecule has 1 aliphatic carbocycles. The molecule has 0 amide bonds. The molecule has 1 aliphatic heterocycles. The summed E-state index contributed by atoms with van der Waals surface area (Å²) in [4.78, 5) is 0. The van der Waals surface area contributed by atoms with Crippen LogP contribution in [0.15, 0.2) is 48.7 Å². The van der Waals surface area contributed by atoms with Crippen molar-refractivity contribution in [3.63, 3.8) is 0 Å². The lowest BCUT2D eigenvalue weighted by molar-refractivity contribution is 0.388. The van der Waals surface area contributed by atoms with E-state index in [4.69, 9.17) is 5.73 Å². The van der Waals surface area contributed by atoms with Crippen molar-refractivity contribution in [3.05, 3.63) is 48.7 Å². The van der Waals surface area contributed by atoms with Crippen LogP contribution in [0.5, 0.6) is 0 Å². The summed E-state index contributed by atoms with van der Waals surface area (Å²) in [5.41, 5.74) is 8.67. The first-order chi connectivity index (χ1) is 7.23. The van der Waals surface area contributed by atoms with Gasteiger partial charge in [0.1, 0.15) is 0 Å². The summed E-state index contributed by atoms with van der Waals surface area (Å²) < 4.78 is 0. The van der Waals surface area contributed by atoms with E-state index in [0.717, 1.165) is 25.0 Å². The lowest BCUT2D eigenvalue weighted by Gasteiger charge is -2.31. The summed E-state index contributed by atoms with van der Waals surface area (Å²) in [6, 6.07) is 0.109. The van der Waals surface area contributed by atoms with Gasteiger partial charge in [-0.2, -0.15) is 0 Å². The van der Waals surface area contributed by atoms with E-state index in [1.807, 2.05) is 18.4 Å². The first kappa shape index (κ1) is 10.2. The fourth-order valence-corrected chi connectivity index (χ4v) is 2.76. The molecule has 0 bridgehead atoms. The van der Waals surface area contributed by atoms with Gasteiger partial charge >= 0.3 is 0 Å². The molecule has 0 saturated heterocycles. The highest BCUT2D eigenvalue weighted by molar-refractivity contribution is 5.48. The number of hydrogen-bond donors (Lipinski definition) is 2. The third kappa shape index (κ3) is 1.45. The van der Waals surface area contributed by atoms with Crippen LogP contribution in [0.2, 0.25) is 0 Å². The van der Waals surface area contributed by atoms with Crippen LogP contribution in [-0.2, 0) is 0 Å². The first-order valence-electron chi connectivity index (χ1n) is 5.40. The van der Waals surface area contributed by atoms with Gasteiger partial charge in [-0.05, 0) is 30.2 Å². The summed E-state index contributed by atoms with van der Waals surface area (Å²) in [5, 5.41) is 3.22. The number of nitrogens with one attached hydrogen (secondary N) is 1. The van der Waals surface area contributed by atoms with E-state index in [-0.39, 0.29) is 11.5 Å². The zero-order valence-electron chi connectivity index (χ0n) is 9.00. The van der Waals surface area contributed by atoms with Gasteiger partial charge in [0, 0.05) is 18.0 Å². The van der Waals surface area contributed by atoms with Crippen molar-refractivity contribution in [2.75, 3.05) is 6.54 Å². The average molecular weight is 202 g/mol. The minimum atomic E-state index is 0.107. The molecule has 2 unspecified atom stereocenters. The van der Waals surface area contributed by atoms with E-state index in [1.165, 1.54) is 5.57 Å². The average Bonchev–Trinajstić information content (AvgIpc) is 2.50. The van der Waals surface area contributed by atoms with Crippen LogP contribution in [0.3, 0.4) is 0 Å². The van der Waals surface area contributed by atoms with Crippen LogP contribution < -0.4 is 11.1 Å². The second-order valence-corrected chi connectivity index (χ2v) is 4.28. The fourth-order valence-electron chi connectivity index (χ4n) is 2.76. The smallest absolute Gasteiger partial charge is 0.0309 e. The van der Waals surface area contributed by atoms with Gasteiger partial charge in [-0.25, -0.2) is 0 Å². The molecule has 0 aromatic rings. The van der Waals surface area contributed by atoms with Crippen LogP contribution >= 0.6 is 0 Å². The molecule has 0 saturated carbocycles. The predicted molar refractivity (Wildman–Crippen MR) is 64.2 cm³/mol. The van der Waals surface area contributed by atoms with Crippen LogP contribution in [0.4, 0.5) is 0 Å². The highest BCUT2D eigenvalue weighted by atomic mass is 14.8. The first-order valence-corrected chi connectivity index (χ1v) is 5.40. The van der Waals surface area contributed by atoms with Crippen LogP contribution in [0, 0.1) is 5.41 Å². The highest BCUT2D eigenvalue weighted by Gasteiger charge is 2.40. The van der Waals surface area contributed by atoms with Crippen LogP contribution in [0.1, 0.15) is 12.8 Å². The van der Waals surface area contributed by atoms with Gasteiger partial charge in [-0.1, -0.05) is 31.4 Å². The van der Waals surface area contributed by atoms with Crippen molar-refractivity contribution >= 4 is 0 Å². The largest absolute Gasteiger partial charge is 0.391 e. The molecule has 2 atom stereocenters. The summed E-state index contributed by atoms with van der Waals surface area (Å²) >= 11 is 0. The Morgan fingerprint density at radius 1 is 1.47 bits per heavy atom. The molecular weight excluding hydrogens is 184 g/mol. The standard InChI is InChI=1S/C13H18N2/c1-3-10-11(4-2)13(9-12(10)14)5-7-15-8-6-13/h3-5,7,12,15H,1-2,6,8-9,14H2. The third-order valence-electron chi connectivity index (χ3n) is 3.49. The Morgan fingerprint density at radius 3 is 2.80 bits per heavy atom. The van der Waals surface area contributed by atoms with E-state index in [2.05, 4.69) is 24.6 Å². The van der Waals surface area contributed by atoms with Gasteiger partial charge in [0.05, 0.1) is 0 Å². The molecule has 0 fully saturated rings. The fraction of sp³-hybridized carbons (Fsp3) is 0.385. The van der Waals surface area contributed by atoms with Gasteiger partial charge in [-0.3, -0.25) is 0 Å². The maximum atomic E-state index is 6.13. The minimum Gasteiger partial charge on any atom is -0.391 e. The molecule has 15 heavy (non-hydrogen) atoms. The van der Waals surface area contributed by atoms with E-state index in [0.29, 0.717) is 0 Å². The molecule has 80 valence electrons. The molecule has 2 aliphatic rings. The number of rotatable bonds is 2. The lowest BCUT2D eigenvalue weighted by atomic mass is 9.76. The second kappa shape index (κ2) is 3.70. The van der Waals surface area contributed by atoms with Crippen molar-refractivity contribution in [3.8, 4) is 0 Å². The topological polar surface area (TPSA) is 38.0 Å². The van der Waals surface area contributed by atoms with Crippen molar-refractivity contribution in [1.29, 1.82) is 0 Å². The van der Waals surface area contributed by atoms with Crippen LogP contribution in [-0.4, -0.2) is 12.6 Å². The summed E-state index contributed by atoms with van der Waals surface area (Å²) in [5.74, 6) is 0. The predicted octanol–water partition coefficient (Wildman–Crippen LogP) is 1.88. The number of allylic oxidation sites excluding steroid dienone is 3. The number of nitrogens with two attached hydrogens (primary N) is 1. The summed E-state index contributed by atoms with van der Waals surface area (Å²) in [7, 11) is 0. The molecule has 0 aromatic carbocycles. The Kier molecular flexibility index (Phi) is 2.53. The van der Waals surface area contributed by atoms with Crippen LogP contribution in [0.25, 0.3) is 0 Å². The Bertz CT molecular complexity index is 352. The summed E-state index contributed by atoms with van der Waals surface area (Å²) in [6.07, 6.45) is 10.2. The summed E-state index contributed by atoms with van der Waals surface area (Å²) in [6.45, 7) is 8.76. The Labute approximate surface area is 91.2 Å². The van der Waals surface area contributed by atoms with E-state index in [9.17, 15) is 0 Å².